The van der Waals surface area contributed by atoms with Crippen LogP contribution < -0.4 is 0 Å². The normalized spacial score (nSPS) is 10.5. The van der Waals surface area contributed by atoms with Crippen molar-refractivity contribution in [2.24, 2.45) is 0 Å². The van der Waals surface area contributed by atoms with Gasteiger partial charge in [0.1, 0.15) is 0 Å². The van der Waals surface area contributed by atoms with Gasteiger partial charge in [-0.3, -0.25) is 9.59 Å². The summed E-state index contributed by atoms with van der Waals surface area (Å²) < 4.78 is 10.3. The highest BCUT2D eigenvalue weighted by atomic mass is 16.5. The van der Waals surface area contributed by atoms with Crippen LogP contribution in [0, 0.1) is 0 Å². The van der Waals surface area contributed by atoms with Gasteiger partial charge in [0, 0.05) is 19.3 Å². The van der Waals surface area contributed by atoms with E-state index in [2.05, 4.69) is 13.8 Å². The number of rotatable bonds is 16. The number of esters is 2. The van der Waals surface area contributed by atoms with E-state index in [9.17, 15) is 9.59 Å². The molecule has 0 saturated heterocycles. The van der Waals surface area contributed by atoms with E-state index < -0.39 is 0 Å². The van der Waals surface area contributed by atoms with Crippen LogP contribution in [0.25, 0.3) is 0 Å². The molecule has 4 heteroatoms. The first-order valence-electron chi connectivity index (χ1n) is 9.52. The van der Waals surface area contributed by atoms with Crippen molar-refractivity contribution in [3.8, 4) is 0 Å². The molecule has 0 atom stereocenters. The summed E-state index contributed by atoms with van der Waals surface area (Å²) in [6.45, 7) is 5.04. The molecule has 0 rings (SSSR count). The first-order valence-corrected chi connectivity index (χ1v) is 9.52. The summed E-state index contributed by atoms with van der Waals surface area (Å²) in [6.07, 6.45) is 12.9. The Balaban J connectivity index is 3.30. The number of carbonyl (C=O) groups is 2. The van der Waals surface area contributed by atoms with E-state index >= 15 is 0 Å². The van der Waals surface area contributed by atoms with Crippen LogP contribution in [0.5, 0.6) is 0 Å². The van der Waals surface area contributed by atoms with Crippen molar-refractivity contribution in [2.75, 3.05) is 13.2 Å². The maximum absolute atomic E-state index is 11.5. The quantitative estimate of drug-likeness (QED) is 0.289. The monoisotopic (exact) mass is 328 g/mol. The summed E-state index contributed by atoms with van der Waals surface area (Å²) in [4.78, 5) is 22.9. The standard InChI is InChI=1S/C19H36O4/c1-3-5-7-9-11-14-18(20)22-16-13-17-23-19(21)15-12-10-8-6-4-2/h3-17H2,1-2H3. The van der Waals surface area contributed by atoms with E-state index in [0.717, 1.165) is 25.7 Å². The molecule has 0 aromatic rings. The molecule has 0 aliphatic heterocycles. The lowest BCUT2D eigenvalue weighted by Gasteiger charge is -2.06. The Morgan fingerprint density at radius 3 is 1.35 bits per heavy atom. The summed E-state index contributed by atoms with van der Waals surface area (Å²) in [5, 5.41) is 0. The Bertz CT molecular complexity index is 261. The second kappa shape index (κ2) is 17.3. The van der Waals surface area contributed by atoms with Crippen LogP contribution in [0.1, 0.15) is 97.3 Å². The molecule has 0 unspecified atom stereocenters. The summed E-state index contributed by atoms with van der Waals surface area (Å²) in [5.74, 6) is -0.271. The van der Waals surface area contributed by atoms with Crippen LogP contribution in [-0.4, -0.2) is 25.2 Å². The van der Waals surface area contributed by atoms with E-state index in [-0.39, 0.29) is 11.9 Å². The van der Waals surface area contributed by atoms with Gasteiger partial charge < -0.3 is 9.47 Å². The fourth-order valence-corrected chi connectivity index (χ4v) is 2.32. The van der Waals surface area contributed by atoms with Crippen molar-refractivity contribution in [1.29, 1.82) is 0 Å². The fourth-order valence-electron chi connectivity index (χ4n) is 2.32. The van der Waals surface area contributed by atoms with E-state index in [1.165, 1.54) is 38.5 Å². The van der Waals surface area contributed by atoms with E-state index in [4.69, 9.17) is 9.47 Å². The number of carbonyl (C=O) groups excluding carboxylic acids is 2. The van der Waals surface area contributed by atoms with Gasteiger partial charge >= 0.3 is 11.9 Å². The smallest absolute Gasteiger partial charge is 0.305 e. The Labute approximate surface area is 142 Å². The lowest BCUT2D eigenvalue weighted by Crippen LogP contribution is -2.10. The van der Waals surface area contributed by atoms with Crippen LogP contribution in [-0.2, 0) is 19.1 Å². The number of unbranched alkanes of at least 4 members (excludes halogenated alkanes) is 8. The average Bonchev–Trinajstić information content (AvgIpc) is 2.54. The molecule has 0 aromatic heterocycles. The third kappa shape index (κ3) is 17.1. The molecule has 0 spiro atoms. The predicted molar refractivity (Wildman–Crippen MR) is 93.3 cm³/mol. The minimum absolute atomic E-state index is 0.135. The van der Waals surface area contributed by atoms with Gasteiger partial charge in [-0.2, -0.15) is 0 Å². The number of ether oxygens (including phenoxy) is 2. The molecular formula is C19H36O4. The topological polar surface area (TPSA) is 52.6 Å². The molecule has 0 bridgehead atoms. The molecule has 0 saturated carbocycles. The molecule has 0 aliphatic rings. The maximum Gasteiger partial charge on any atom is 0.305 e. The molecule has 0 radical (unpaired) electrons. The van der Waals surface area contributed by atoms with Crippen molar-refractivity contribution in [1.82, 2.24) is 0 Å². The highest BCUT2D eigenvalue weighted by Crippen LogP contribution is 2.07. The van der Waals surface area contributed by atoms with Gasteiger partial charge in [-0.1, -0.05) is 65.2 Å². The van der Waals surface area contributed by atoms with Gasteiger partial charge in [-0.05, 0) is 12.8 Å². The van der Waals surface area contributed by atoms with E-state index in [1.54, 1.807) is 0 Å². The minimum atomic E-state index is -0.135. The molecule has 4 nitrogen and oxygen atoms in total. The van der Waals surface area contributed by atoms with Gasteiger partial charge in [0.2, 0.25) is 0 Å². The van der Waals surface area contributed by atoms with Crippen LogP contribution >= 0.6 is 0 Å². The van der Waals surface area contributed by atoms with Gasteiger partial charge in [-0.25, -0.2) is 0 Å². The second-order valence-electron chi connectivity index (χ2n) is 6.12. The number of hydrogen-bond acceptors (Lipinski definition) is 4. The fraction of sp³-hybridized carbons (Fsp3) is 0.895. The molecule has 136 valence electrons. The molecular weight excluding hydrogens is 292 g/mol. The summed E-state index contributed by atoms with van der Waals surface area (Å²) in [6, 6.07) is 0. The predicted octanol–water partition coefficient (Wildman–Crippen LogP) is 5.18. The van der Waals surface area contributed by atoms with Gasteiger partial charge in [-0.15, -0.1) is 0 Å². The first-order chi connectivity index (χ1) is 11.2. The SMILES string of the molecule is CCCCCCCC(=O)OCCCOC(=O)CCCCCCC. The summed E-state index contributed by atoms with van der Waals surface area (Å²) in [5.41, 5.74) is 0. The van der Waals surface area contributed by atoms with Crippen LogP contribution in [0.15, 0.2) is 0 Å². The Morgan fingerprint density at radius 1 is 0.565 bits per heavy atom. The van der Waals surface area contributed by atoms with Crippen LogP contribution in [0.4, 0.5) is 0 Å². The maximum atomic E-state index is 11.5. The van der Waals surface area contributed by atoms with Gasteiger partial charge in [0.15, 0.2) is 0 Å². The third-order valence-corrected chi connectivity index (χ3v) is 3.78. The second-order valence-corrected chi connectivity index (χ2v) is 6.12. The highest BCUT2D eigenvalue weighted by Gasteiger charge is 2.04. The minimum Gasteiger partial charge on any atom is -0.466 e. The van der Waals surface area contributed by atoms with Gasteiger partial charge in [0.05, 0.1) is 13.2 Å². The molecule has 0 N–H and O–H groups in total. The Kier molecular flexibility index (Phi) is 16.5. The Hall–Kier alpha value is -1.06. The Morgan fingerprint density at radius 2 is 0.957 bits per heavy atom. The summed E-state index contributed by atoms with van der Waals surface area (Å²) in [7, 11) is 0. The van der Waals surface area contributed by atoms with Crippen LogP contribution in [0.3, 0.4) is 0 Å². The zero-order valence-electron chi connectivity index (χ0n) is 15.2. The average molecular weight is 328 g/mol. The molecule has 0 amide bonds. The van der Waals surface area contributed by atoms with Crippen molar-refractivity contribution in [3.63, 3.8) is 0 Å². The van der Waals surface area contributed by atoms with Crippen molar-refractivity contribution < 1.29 is 19.1 Å². The van der Waals surface area contributed by atoms with Gasteiger partial charge in [0.25, 0.3) is 0 Å². The lowest BCUT2D eigenvalue weighted by atomic mass is 10.1. The molecule has 23 heavy (non-hydrogen) atoms. The van der Waals surface area contributed by atoms with Crippen molar-refractivity contribution >= 4 is 11.9 Å². The molecule has 0 aromatic carbocycles. The van der Waals surface area contributed by atoms with E-state index in [0.29, 0.717) is 32.5 Å². The summed E-state index contributed by atoms with van der Waals surface area (Å²) >= 11 is 0. The zero-order chi connectivity index (χ0) is 17.2. The third-order valence-electron chi connectivity index (χ3n) is 3.78. The largest absolute Gasteiger partial charge is 0.466 e. The zero-order valence-corrected chi connectivity index (χ0v) is 15.2. The lowest BCUT2D eigenvalue weighted by molar-refractivity contribution is -0.146. The molecule has 0 heterocycles. The number of hydrogen-bond donors (Lipinski definition) is 0. The highest BCUT2D eigenvalue weighted by molar-refractivity contribution is 5.69. The molecule has 0 aliphatic carbocycles. The van der Waals surface area contributed by atoms with E-state index in [1.807, 2.05) is 0 Å². The van der Waals surface area contributed by atoms with Crippen molar-refractivity contribution in [2.45, 2.75) is 97.3 Å². The van der Waals surface area contributed by atoms with Crippen molar-refractivity contribution in [3.05, 3.63) is 0 Å². The molecule has 0 fully saturated rings. The van der Waals surface area contributed by atoms with Crippen LogP contribution in [0.2, 0.25) is 0 Å². The first kappa shape index (κ1) is 21.9.